The topological polar surface area (TPSA) is 964 Å². The lowest BCUT2D eigenvalue weighted by molar-refractivity contribution is -0.412. The summed E-state index contributed by atoms with van der Waals surface area (Å²) in [5.74, 6) is -6.88. The summed E-state index contributed by atoms with van der Waals surface area (Å²) in [6.45, 7) is -7.00. The molecule has 0 radical (unpaired) electrons. The molecule has 143 heavy (non-hydrogen) atoms. The molecule has 11 heterocycles. The van der Waals surface area contributed by atoms with E-state index in [4.69, 9.17) is 99.5 Å². The number of aliphatic hydroxyl groups is 28. The highest BCUT2D eigenvalue weighted by atomic mass is 16.8. The van der Waals surface area contributed by atoms with Crippen LogP contribution in [0.15, 0.2) is 0 Å². The van der Waals surface area contributed by atoms with Crippen LogP contribution in [0, 0.1) is 0 Å². The van der Waals surface area contributed by atoms with Crippen molar-refractivity contribution in [3.63, 3.8) is 0 Å². The molecule has 0 aromatic heterocycles. The minimum absolute atomic E-state index is 0.855. The second-order valence-corrected chi connectivity index (χ2v) is 36.0. The fourth-order valence-corrected chi connectivity index (χ4v) is 18.5. The van der Waals surface area contributed by atoms with Crippen molar-refractivity contribution in [1.29, 1.82) is 0 Å². The number of carbonyl (C=O) groups excluding carboxylic acids is 7. The number of hydrogen-bond donors (Lipinski definition) is 35. The lowest BCUT2D eigenvalue weighted by Crippen LogP contribution is -2.72. The van der Waals surface area contributed by atoms with E-state index in [0.717, 1.165) is 48.5 Å². The van der Waals surface area contributed by atoms with Gasteiger partial charge in [0.15, 0.2) is 69.2 Å². The monoisotopic (exact) mass is 2090 g/mol. The number of hydrogen-bond acceptors (Lipinski definition) is 56. The van der Waals surface area contributed by atoms with Gasteiger partial charge < -0.3 is 280 Å². The molecule has 0 saturated carbocycles. The molecule has 824 valence electrons. The summed E-state index contributed by atoms with van der Waals surface area (Å²) in [6.07, 6.45) is -108. The molecule has 11 aliphatic heterocycles. The van der Waals surface area contributed by atoms with Crippen molar-refractivity contribution in [1.82, 2.24) is 37.2 Å². The summed E-state index contributed by atoms with van der Waals surface area (Å²) < 4.78 is 130. The Morgan fingerprint density at radius 1 is 0.182 bits per heavy atom. The average molecular weight is 2090 g/mol. The van der Waals surface area contributed by atoms with E-state index in [9.17, 15) is 177 Å². The first-order valence-electron chi connectivity index (χ1n) is 45.6. The third kappa shape index (κ3) is 26.9. The van der Waals surface area contributed by atoms with E-state index in [-0.39, 0.29) is 0 Å². The smallest absolute Gasteiger partial charge is 0.217 e. The average Bonchev–Trinajstić information content (AvgIpc) is 0.749. The number of amides is 7. The number of ether oxygens (including phenoxy) is 21. The molecule has 0 aliphatic carbocycles. The van der Waals surface area contributed by atoms with Crippen LogP contribution in [0.2, 0.25) is 0 Å². The number of nitrogens with one attached hydrogen (secondary N) is 7. The molecule has 11 aliphatic rings. The highest BCUT2D eigenvalue weighted by molar-refractivity contribution is 5.75. The maximum absolute atomic E-state index is 13.7. The standard InChI is InChI=1S/C80H133N7O56/c1-19(97)81-37-54(114)62(31(13-93)125-70(37)122)136-75-42(86-24(6)102)55(115)64(33(15-95)131-75)139-78-61(121)67(141-80-69(143-74-41(85-23(5)101)53(113)47(107)29(11-91)129-74)60(120)65(34(16-96)133-80)137-72-39(83-21(3)99)51(111)45(105)27(9-89)127-72)66(140-73-40(84-22(4)100)52(112)46(106)28(10-90)128-73)36(135-78)18-124-79-68(58(118)49(109)35(134-79)17-123-71-38(82-20(2)98)50(110)44(104)26(8-88)126-71)142-76-43(87-25(7)103)56(116)63(32(14-94)132-76)138-77-59(119)57(117)48(108)30(12-92)130-77/h26-80,88-96,104-122H,8-18H2,1-7H3,(H,81,97)(H,82,98)(H,83,99)(H,84,100)(H,85,101)(H,86,102)(H,87,103)/t26-,27-,28-,29-,30-,31-,32-,33-,34-,35-,36-,37-,38-,39-,40-,41-,42-,43-,44-,45-,46-,47-,48+,49-,50-,51-,52-,53-,54+,55-,56-,57+,58+,59-,60+,61+,62-,63-,64-,65-,66-,67-,68+,69+,70-,71-,72+,73+,74+,75+,76+,77+,78+,79+,80-/m1/s1. The molecule has 11 saturated heterocycles. The quantitative estimate of drug-likeness (QED) is 0.0273. The zero-order chi connectivity index (χ0) is 105. The van der Waals surface area contributed by atoms with Crippen LogP contribution in [-0.2, 0) is 133 Å². The van der Waals surface area contributed by atoms with Gasteiger partial charge in [0.1, 0.15) is 268 Å². The van der Waals surface area contributed by atoms with E-state index in [0.29, 0.717) is 0 Å². The van der Waals surface area contributed by atoms with Gasteiger partial charge in [0.25, 0.3) is 0 Å². The van der Waals surface area contributed by atoms with E-state index in [1.54, 1.807) is 0 Å². The van der Waals surface area contributed by atoms with Gasteiger partial charge in [-0.1, -0.05) is 0 Å². The Kier molecular flexibility index (Phi) is 42.7. The highest BCUT2D eigenvalue weighted by Crippen LogP contribution is 2.43. The van der Waals surface area contributed by atoms with Crippen LogP contribution in [-0.4, -0.2) is 594 Å². The molecule has 0 bridgehead atoms. The Hall–Kier alpha value is -5.67. The Balaban J connectivity index is 1.09. The van der Waals surface area contributed by atoms with Gasteiger partial charge in [0.05, 0.1) is 72.7 Å². The first-order valence-corrected chi connectivity index (χ1v) is 45.6. The fourth-order valence-electron chi connectivity index (χ4n) is 18.5. The van der Waals surface area contributed by atoms with Gasteiger partial charge >= 0.3 is 0 Å². The Morgan fingerprint density at radius 2 is 0.406 bits per heavy atom. The lowest BCUT2D eigenvalue weighted by Gasteiger charge is -2.53. The summed E-state index contributed by atoms with van der Waals surface area (Å²) >= 11 is 0. The van der Waals surface area contributed by atoms with Crippen molar-refractivity contribution in [3.05, 3.63) is 0 Å². The van der Waals surface area contributed by atoms with Gasteiger partial charge in [-0.15, -0.1) is 0 Å². The zero-order valence-electron chi connectivity index (χ0n) is 77.5. The SMILES string of the molecule is CC(=O)N[C@@H]1[C@H](O)[C@H](O[C@@H]2O[C@H](CO)[C@@H](O[C@@H]3O[C@H](CO[C@H]4O[C@H](CO[C@@H]5O[C@H](CO)[C@@H](O)[C@H](O)[C@H]5NC(C)=O)[C@@H](O)[C@H](O)[C@@H]4O[C@@H]4O[C@H](CO)[C@@H](O[C@@H]5O[C@H](CO)[C@H](O)[C@H](O)[C@H]5O)[C@H](O)[C@H]4NC(C)=O)[C@@H](O[C@@H]4O[C@H](CO)[C@@H](O)[C@H](O)[C@H]4NC(C)=O)[C@H](O[C@H]4O[C@H](CO)[C@@H](O[C@@H]5O[C@H](CO)[C@@H](O)[C@H](O)[C@H]5NC(C)=O)[C@H](O)[C@@H]4O[C@@H]4O[C@H](CO)[C@@H](O)[C@H](O)[C@H]4NC(C)=O)[C@@H]3O)[C@H](O)[C@H]2NC(C)=O)[C@@H](CO)O[C@H]1O. The van der Waals surface area contributed by atoms with Crippen LogP contribution in [0.5, 0.6) is 0 Å². The molecule has 11 fully saturated rings. The van der Waals surface area contributed by atoms with Gasteiger partial charge in [0, 0.05) is 48.5 Å². The van der Waals surface area contributed by atoms with E-state index in [1.165, 1.54) is 0 Å². The van der Waals surface area contributed by atoms with Crippen molar-refractivity contribution in [2.24, 2.45) is 0 Å². The predicted molar refractivity (Wildman–Crippen MR) is 444 cm³/mol. The molecule has 0 aromatic rings. The van der Waals surface area contributed by atoms with Gasteiger partial charge in [-0.2, -0.15) is 0 Å². The van der Waals surface area contributed by atoms with Crippen LogP contribution in [0.25, 0.3) is 0 Å². The summed E-state index contributed by atoms with van der Waals surface area (Å²) in [4.78, 5) is 91.5. The van der Waals surface area contributed by atoms with Crippen LogP contribution < -0.4 is 37.2 Å². The highest BCUT2D eigenvalue weighted by Gasteiger charge is 2.64. The molecule has 55 atom stereocenters. The first-order chi connectivity index (χ1) is 67.6. The van der Waals surface area contributed by atoms with E-state index >= 15 is 0 Å². The molecular weight excluding hydrogens is 1950 g/mol. The molecule has 0 unspecified atom stereocenters. The third-order valence-corrected chi connectivity index (χ3v) is 25.8. The molecule has 11 rings (SSSR count). The third-order valence-electron chi connectivity index (χ3n) is 25.8. The van der Waals surface area contributed by atoms with Crippen molar-refractivity contribution in [2.75, 3.05) is 72.7 Å². The number of aliphatic hydroxyl groups excluding tert-OH is 28. The molecular formula is C80H133N7O56. The van der Waals surface area contributed by atoms with Gasteiger partial charge in [0.2, 0.25) is 41.4 Å². The zero-order valence-corrected chi connectivity index (χ0v) is 77.5. The first kappa shape index (κ1) is 118. The van der Waals surface area contributed by atoms with Gasteiger partial charge in [-0.3, -0.25) is 33.6 Å². The van der Waals surface area contributed by atoms with Crippen molar-refractivity contribution in [3.8, 4) is 0 Å². The molecule has 63 heteroatoms. The molecule has 63 nitrogen and oxygen atoms in total. The van der Waals surface area contributed by atoms with E-state index in [1.807, 2.05) is 0 Å². The van der Waals surface area contributed by atoms with Crippen LogP contribution in [0.4, 0.5) is 0 Å². The Labute approximate surface area is 810 Å². The largest absolute Gasteiger partial charge is 0.394 e. The Bertz CT molecular complexity index is 4050. The van der Waals surface area contributed by atoms with Crippen LogP contribution in [0.3, 0.4) is 0 Å². The van der Waals surface area contributed by atoms with Crippen LogP contribution in [0.1, 0.15) is 48.5 Å². The Morgan fingerprint density at radius 3 is 0.769 bits per heavy atom. The number of carbonyl (C=O) groups is 7. The van der Waals surface area contributed by atoms with E-state index < -0.39 is 451 Å². The molecule has 0 spiro atoms. The summed E-state index contributed by atoms with van der Waals surface area (Å²) in [5, 5.41) is 337. The summed E-state index contributed by atoms with van der Waals surface area (Å²) in [6, 6.07) is -13.9. The van der Waals surface area contributed by atoms with Gasteiger partial charge in [-0.25, -0.2) is 0 Å². The predicted octanol–water partition coefficient (Wildman–Crippen LogP) is -24.0. The van der Waals surface area contributed by atoms with Crippen molar-refractivity contribution < 1.29 is 276 Å². The second-order valence-electron chi connectivity index (χ2n) is 36.0. The number of rotatable bonds is 38. The molecule has 0 aromatic carbocycles. The summed E-state index contributed by atoms with van der Waals surface area (Å²) in [5.41, 5.74) is 0. The minimum atomic E-state index is -2.91. The van der Waals surface area contributed by atoms with Gasteiger partial charge in [-0.05, 0) is 0 Å². The maximum Gasteiger partial charge on any atom is 0.217 e. The maximum atomic E-state index is 13.7. The lowest BCUT2D eigenvalue weighted by atomic mass is 9.93. The minimum Gasteiger partial charge on any atom is -0.394 e. The summed E-state index contributed by atoms with van der Waals surface area (Å²) in [7, 11) is 0. The van der Waals surface area contributed by atoms with E-state index in [2.05, 4.69) is 37.2 Å². The second kappa shape index (κ2) is 51.9. The molecule has 35 N–H and O–H groups in total. The fraction of sp³-hybridized carbons (Fsp3) is 0.912. The van der Waals surface area contributed by atoms with Crippen molar-refractivity contribution in [2.45, 2.75) is 386 Å². The normalized spacial score (nSPS) is 47.3. The molecule has 7 amide bonds. The van der Waals surface area contributed by atoms with Crippen LogP contribution >= 0.6 is 0 Å². The van der Waals surface area contributed by atoms with Crippen molar-refractivity contribution >= 4 is 41.4 Å².